The van der Waals surface area contributed by atoms with Crippen LogP contribution in [0.3, 0.4) is 0 Å². The first-order valence-corrected chi connectivity index (χ1v) is 6.66. The van der Waals surface area contributed by atoms with Gasteiger partial charge in [-0.05, 0) is 31.7 Å². The van der Waals surface area contributed by atoms with Gasteiger partial charge in [-0.25, -0.2) is 0 Å². The van der Waals surface area contributed by atoms with Gasteiger partial charge in [0, 0.05) is 32.9 Å². The molecule has 2 heterocycles. The molecule has 1 amide bonds. The van der Waals surface area contributed by atoms with Gasteiger partial charge < -0.3 is 10.2 Å². The molecule has 1 aromatic heterocycles. The van der Waals surface area contributed by atoms with Crippen LogP contribution in [0.4, 0.5) is 0 Å². The van der Waals surface area contributed by atoms with Gasteiger partial charge in [0.05, 0.1) is 12.2 Å². The fourth-order valence-corrected chi connectivity index (χ4v) is 2.33. The summed E-state index contributed by atoms with van der Waals surface area (Å²) >= 11 is 0. The Kier molecular flexibility index (Phi) is 4.36. The molecule has 100 valence electrons. The molecule has 0 spiro atoms. The van der Waals surface area contributed by atoms with Crippen molar-refractivity contribution in [1.82, 2.24) is 20.0 Å². The number of nitrogens with zero attached hydrogens (tertiary/aromatic N) is 3. The molecule has 1 saturated heterocycles. The number of aromatic nitrogens is 2. The molecular weight excluding hydrogens is 228 g/mol. The van der Waals surface area contributed by atoms with Gasteiger partial charge in [-0.2, -0.15) is 5.10 Å². The van der Waals surface area contributed by atoms with Crippen molar-refractivity contribution in [1.29, 1.82) is 0 Å². The molecule has 1 atom stereocenters. The summed E-state index contributed by atoms with van der Waals surface area (Å²) in [6.07, 6.45) is 7.08. The molecule has 1 aromatic rings. The van der Waals surface area contributed by atoms with Gasteiger partial charge in [-0.1, -0.05) is 0 Å². The third kappa shape index (κ3) is 3.32. The van der Waals surface area contributed by atoms with E-state index in [4.69, 9.17) is 0 Å². The lowest BCUT2D eigenvalue weighted by molar-refractivity contribution is -0.131. The van der Waals surface area contributed by atoms with Crippen LogP contribution in [0.25, 0.3) is 0 Å². The van der Waals surface area contributed by atoms with E-state index >= 15 is 0 Å². The number of hydrogen-bond acceptors (Lipinski definition) is 3. The van der Waals surface area contributed by atoms with Crippen molar-refractivity contribution in [2.75, 3.05) is 19.6 Å². The van der Waals surface area contributed by atoms with E-state index in [0.717, 1.165) is 38.9 Å². The van der Waals surface area contributed by atoms with Crippen molar-refractivity contribution >= 4 is 5.91 Å². The molecule has 5 nitrogen and oxygen atoms in total. The highest BCUT2D eigenvalue weighted by Crippen LogP contribution is 2.08. The Labute approximate surface area is 108 Å². The molecule has 5 heteroatoms. The number of carbonyl (C=O) groups is 1. The van der Waals surface area contributed by atoms with Crippen LogP contribution >= 0.6 is 0 Å². The molecule has 2 rings (SSSR count). The maximum atomic E-state index is 12.0. The molecule has 0 radical (unpaired) electrons. The molecular formula is C13H22N4O. The third-order valence-electron chi connectivity index (χ3n) is 3.41. The molecule has 0 aromatic carbocycles. The second-order valence-corrected chi connectivity index (χ2v) is 4.98. The molecule has 0 bridgehead atoms. The van der Waals surface area contributed by atoms with Crippen LogP contribution in [0.5, 0.6) is 0 Å². The first-order chi connectivity index (χ1) is 8.66. The lowest BCUT2D eigenvalue weighted by Crippen LogP contribution is -2.44. The van der Waals surface area contributed by atoms with Gasteiger partial charge in [-0.3, -0.25) is 9.48 Å². The number of amides is 1. The molecule has 0 aliphatic carbocycles. The molecule has 1 aliphatic rings. The molecule has 1 fully saturated rings. The lowest BCUT2D eigenvalue weighted by Gasteiger charge is -2.21. The maximum Gasteiger partial charge on any atom is 0.239 e. The molecule has 1 unspecified atom stereocenters. The summed E-state index contributed by atoms with van der Waals surface area (Å²) < 4.78 is 1.80. The topological polar surface area (TPSA) is 50.2 Å². The van der Waals surface area contributed by atoms with Crippen LogP contribution in [0.15, 0.2) is 12.4 Å². The van der Waals surface area contributed by atoms with Crippen molar-refractivity contribution in [2.24, 2.45) is 7.05 Å². The van der Waals surface area contributed by atoms with E-state index in [0.29, 0.717) is 0 Å². The fourth-order valence-electron chi connectivity index (χ4n) is 2.33. The highest BCUT2D eigenvalue weighted by atomic mass is 16.2. The fraction of sp³-hybridized carbons (Fsp3) is 0.692. The monoisotopic (exact) mass is 250 g/mol. The second-order valence-electron chi connectivity index (χ2n) is 4.98. The molecule has 0 saturated carbocycles. The summed E-state index contributed by atoms with van der Waals surface area (Å²) in [6, 6.07) is -0.0835. The standard InChI is InChI=1S/C13H22N4O/c1-11(13(18)17-7-3-4-8-17)14-6-5-12-9-15-16(2)10-12/h9-11,14H,3-8H2,1-2H3. The van der Waals surface area contributed by atoms with Crippen molar-refractivity contribution in [3.05, 3.63) is 18.0 Å². The van der Waals surface area contributed by atoms with Gasteiger partial charge in [0.15, 0.2) is 0 Å². The van der Waals surface area contributed by atoms with Crippen LogP contribution in [0.1, 0.15) is 25.3 Å². The minimum atomic E-state index is -0.0835. The molecule has 1 aliphatic heterocycles. The van der Waals surface area contributed by atoms with E-state index in [1.54, 1.807) is 4.68 Å². The smallest absolute Gasteiger partial charge is 0.239 e. The Morgan fingerprint density at radius 1 is 1.50 bits per heavy atom. The van der Waals surface area contributed by atoms with E-state index in [1.807, 2.05) is 31.3 Å². The SMILES string of the molecule is CC(NCCc1cnn(C)c1)C(=O)N1CCCC1. The Balaban J connectivity index is 1.70. The minimum absolute atomic E-state index is 0.0835. The number of rotatable bonds is 5. The summed E-state index contributed by atoms with van der Waals surface area (Å²) in [7, 11) is 1.91. The predicted octanol–water partition coefficient (Wildman–Crippen LogP) is 0.563. The Morgan fingerprint density at radius 3 is 2.83 bits per heavy atom. The summed E-state index contributed by atoms with van der Waals surface area (Å²) in [5.41, 5.74) is 1.20. The Hall–Kier alpha value is -1.36. The number of carbonyl (C=O) groups excluding carboxylic acids is 1. The van der Waals surface area contributed by atoms with Crippen molar-refractivity contribution < 1.29 is 4.79 Å². The van der Waals surface area contributed by atoms with E-state index in [-0.39, 0.29) is 11.9 Å². The van der Waals surface area contributed by atoms with Crippen LogP contribution < -0.4 is 5.32 Å². The van der Waals surface area contributed by atoms with Gasteiger partial charge in [-0.15, -0.1) is 0 Å². The first-order valence-electron chi connectivity index (χ1n) is 6.66. The zero-order valence-electron chi connectivity index (χ0n) is 11.2. The van der Waals surface area contributed by atoms with Gasteiger partial charge >= 0.3 is 0 Å². The van der Waals surface area contributed by atoms with Crippen LogP contribution in [0, 0.1) is 0 Å². The largest absolute Gasteiger partial charge is 0.341 e. The van der Waals surface area contributed by atoms with Crippen molar-refractivity contribution in [3.63, 3.8) is 0 Å². The summed E-state index contributed by atoms with van der Waals surface area (Å²) in [5, 5.41) is 7.42. The van der Waals surface area contributed by atoms with E-state index in [1.165, 1.54) is 5.56 Å². The highest BCUT2D eigenvalue weighted by Gasteiger charge is 2.22. The van der Waals surface area contributed by atoms with Crippen LogP contribution in [-0.4, -0.2) is 46.3 Å². The first kappa shape index (κ1) is 13.1. The second kappa shape index (κ2) is 6.00. The number of hydrogen-bond donors (Lipinski definition) is 1. The number of likely N-dealkylation sites (tertiary alicyclic amines) is 1. The average molecular weight is 250 g/mol. The normalized spacial score (nSPS) is 17.1. The van der Waals surface area contributed by atoms with Gasteiger partial charge in [0.25, 0.3) is 0 Å². The van der Waals surface area contributed by atoms with E-state index in [9.17, 15) is 4.79 Å². The van der Waals surface area contributed by atoms with Gasteiger partial charge in [0.1, 0.15) is 0 Å². The van der Waals surface area contributed by atoms with Crippen LogP contribution in [-0.2, 0) is 18.3 Å². The summed E-state index contributed by atoms with van der Waals surface area (Å²) in [6.45, 7) is 4.61. The lowest BCUT2D eigenvalue weighted by atomic mass is 10.2. The van der Waals surface area contributed by atoms with E-state index < -0.39 is 0 Å². The third-order valence-corrected chi connectivity index (χ3v) is 3.41. The van der Waals surface area contributed by atoms with E-state index in [2.05, 4.69) is 10.4 Å². The average Bonchev–Trinajstić information content (AvgIpc) is 2.99. The molecule has 1 N–H and O–H groups in total. The number of aryl methyl sites for hydroxylation is 1. The Morgan fingerprint density at radius 2 is 2.22 bits per heavy atom. The quantitative estimate of drug-likeness (QED) is 0.831. The Bertz CT molecular complexity index is 395. The zero-order chi connectivity index (χ0) is 13.0. The van der Waals surface area contributed by atoms with Crippen molar-refractivity contribution in [3.8, 4) is 0 Å². The van der Waals surface area contributed by atoms with Gasteiger partial charge in [0.2, 0.25) is 5.91 Å². The minimum Gasteiger partial charge on any atom is -0.341 e. The predicted molar refractivity (Wildman–Crippen MR) is 70.2 cm³/mol. The summed E-state index contributed by atoms with van der Waals surface area (Å²) in [4.78, 5) is 14.0. The number of nitrogens with one attached hydrogen (secondary N) is 1. The summed E-state index contributed by atoms with van der Waals surface area (Å²) in [5.74, 6) is 0.235. The van der Waals surface area contributed by atoms with Crippen LogP contribution in [0.2, 0.25) is 0 Å². The molecule has 18 heavy (non-hydrogen) atoms. The maximum absolute atomic E-state index is 12.0. The van der Waals surface area contributed by atoms with Crippen molar-refractivity contribution in [2.45, 2.75) is 32.2 Å². The zero-order valence-corrected chi connectivity index (χ0v) is 11.2. The highest BCUT2D eigenvalue weighted by molar-refractivity contribution is 5.81.